The van der Waals surface area contributed by atoms with Crippen LogP contribution in [0, 0.1) is 0 Å². The summed E-state index contributed by atoms with van der Waals surface area (Å²) < 4.78 is 4.96. The van der Waals surface area contributed by atoms with Gasteiger partial charge in [-0.3, -0.25) is 19.8 Å². The lowest BCUT2D eigenvalue weighted by atomic mass is 10.0. The topological polar surface area (TPSA) is 114 Å². The molecular weight excluding hydrogens is 475 g/mol. The third kappa shape index (κ3) is 6.83. The summed E-state index contributed by atoms with van der Waals surface area (Å²) in [4.78, 5) is 39.3. The molecule has 11 heteroatoms. The first-order valence-corrected chi connectivity index (χ1v) is 11.2. The number of primary amides is 1. The number of ether oxygens (including phenoxy) is 1. The summed E-state index contributed by atoms with van der Waals surface area (Å²) in [5.41, 5.74) is 7.46. The lowest BCUT2D eigenvalue weighted by Gasteiger charge is -2.26. The Hall–Kier alpha value is -2.33. The van der Waals surface area contributed by atoms with Gasteiger partial charge in [-0.05, 0) is 56.1 Å². The maximum atomic E-state index is 12.4. The molecule has 1 aromatic heterocycles. The van der Waals surface area contributed by atoms with Crippen LogP contribution in [0.1, 0.15) is 40.6 Å². The minimum absolute atomic E-state index is 0. The van der Waals surface area contributed by atoms with Crippen LogP contribution in [0.3, 0.4) is 0 Å². The molecule has 0 saturated heterocycles. The van der Waals surface area contributed by atoms with Crippen LogP contribution in [0.15, 0.2) is 24.3 Å². The van der Waals surface area contributed by atoms with E-state index in [0.29, 0.717) is 53.7 Å². The predicted molar refractivity (Wildman–Crippen MR) is 129 cm³/mol. The van der Waals surface area contributed by atoms with Gasteiger partial charge in [0.2, 0.25) is 0 Å². The molecular formula is C21H26Cl2N4O4S. The lowest BCUT2D eigenvalue weighted by molar-refractivity contribution is -0.143. The molecule has 0 bridgehead atoms. The van der Waals surface area contributed by atoms with E-state index >= 15 is 0 Å². The van der Waals surface area contributed by atoms with E-state index in [0.717, 1.165) is 23.5 Å². The fourth-order valence-electron chi connectivity index (χ4n) is 3.47. The molecule has 1 aliphatic heterocycles. The van der Waals surface area contributed by atoms with E-state index < -0.39 is 11.9 Å². The summed E-state index contributed by atoms with van der Waals surface area (Å²) in [6.07, 6.45) is 1.74. The summed E-state index contributed by atoms with van der Waals surface area (Å²) in [5, 5.41) is 6.48. The fourth-order valence-corrected chi connectivity index (χ4v) is 4.89. The molecule has 3 amide bonds. The monoisotopic (exact) mass is 500 g/mol. The van der Waals surface area contributed by atoms with E-state index in [-0.39, 0.29) is 18.4 Å². The minimum Gasteiger partial charge on any atom is -0.466 e. The highest BCUT2D eigenvalue weighted by Gasteiger charge is 2.27. The first-order valence-electron chi connectivity index (χ1n) is 10.0. The number of rotatable bonds is 8. The number of halogens is 2. The van der Waals surface area contributed by atoms with Crippen molar-refractivity contribution in [1.29, 1.82) is 0 Å². The first kappa shape index (κ1) is 25.9. The molecule has 0 radical (unpaired) electrons. The molecule has 0 unspecified atom stereocenters. The normalized spacial score (nSPS) is 12.9. The number of anilines is 2. The van der Waals surface area contributed by atoms with Crippen LogP contribution in [-0.2, 0) is 22.5 Å². The van der Waals surface area contributed by atoms with Gasteiger partial charge in [0.25, 0.3) is 5.91 Å². The number of esters is 1. The van der Waals surface area contributed by atoms with E-state index in [1.54, 1.807) is 31.2 Å². The second-order valence-corrected chi connectivity index (χ2v) is 8.63. The Kier molecular flexibility index (Phi) is 9.77. The maximum absolute atomic E-state index is 12.4. The summed E-state index contributed by atoms with van der Waals surface area (Å²) >= 11 is 7.22. The van der Waals surface area contributed by atoms with Crippen LogP contribution in [-0.4, -0.2) is 42.5 Å². The maximum Gasteiger partial charge on any atom is 0.324 e. The number of urea groups is 1. The van der Waals surface area contributed by atoms with Crippen molar-refractivity contribution in [2.24, 2.45) is 5.73 Å². The summed E-state index contributed by atoms with van der Waals surface area (Å²) in [5.74, 6) is -0.749. The fraction of sp³-hybridized carbons (Fsp3) is 0.381. The van der Waals surface area contributed by atoms with Crippen molar-refractivity contribution in [3.05, 3.63) is 45.3 Å². The Morgan fingerprint density at radius 1 is 1.22 bits per heavy atom. The number of carbonyl (C=O) groups excluding carboxylic acids is 3. The Morgan fingerprint density at radius 2 is 1.94 bits per heavy atom. The van der Waals surface area contributed by atoms with Crippen molar-refractivity contribution in [3.63, 3.8) is 0 Å². The van der Waals surface area contributed by atoms with Crippen molar-refractivity contribution in [1.82, 2.24) is 4.90 Å². The number of nitrogens with two attached hydrogens (primary N) is 1. The van der Waals surface area contributed by atoms with Gasteiger partial charge >= 0.3 is 12.0 Å². The Labute approximate surface area is 201 Å². The Balaban J connectivity index is 0.00000363. The minimum atomic E-state index is -0.560. The van der Waals surface area contributed by atoms with Gasteiger partial charge in [0.05, 0.1) is 12.2 Å². The number of benzene rings is 1. The van der Waals surface area contributed by atoms with Gasteiger partial charge in [-0.15, -0.1) is 23.7 Å². The summed E-state index contributed by atoms with van der Waals surface area (Å²) in [7, 11) is 0. The van der Waals surface area contributed by atoms with E-state index in [4.69, 9.17) is 22.1 Å². The Morgan fingerprint density at radius 3 is 2.59 bits per heavy atom. The van der Waals surface area contributed by atoms with E-state index in [1.165, 1.54) is 11.3 Å². The lowest BCUT2D eigenvalue weighted by Crippen LogP contribution is -2.31. The van der Waals surface area contributed by atoms with E-state index in [2.05, 4.69) is 15.5 Å². The average Bonchev–Trinajstić information content (AvgIpc) is 3.07. The van der Waals surface area contributed by atoms with Gasteiger partial charge in [-0.25, -0.2) is 4.79 Å². The molecule has 0 aliphatic carbocycles. The van der Waals surface area contributed by atoms with Gasteiger partial charge in [0, 0.05) is 35.1 Å². The molecule has 2 heterocycles. The van der Waals surface area contributed by atoms with Crippen molar-refractivity contribution in [2.75, 3.05) is 30.3 Å². The highest BCUT2D eigenvalue weighted by Crippen LogP contribution is 2.37. The van der Waals surface area contributed by atoms with Gasteiger partial charge in [0.1, 0.15) is 5.00 Å². The Bertz CT molecular complexity index is 965. The third-order valence-electron chi connectivity index (χ3n) is 4.87. The molecule has 0 fully saturated rings. The summed E-state index contributed by atoms with van der Waals surface area (Å²) in [6, 6.07) is 6.25. The number of carbonyl (C=O) groups is 3. The van der Waals surface area contributed by atoms with Gasteiger partial charge in [-0.2, -0.15) is 0 Å². The zero-order valence-electron chi connectivity index (χ0n) is 17.6. The number of thiophene rings is 1. The number of hydrogen-bond acceptors (Lipinski definition) is 6. The molecule has 8 nitrogen and oxygen atoms in total. The molecule has 0 spiro atoms. The van der Waals surface area contributed by atoms with Crippen molar-refractivity contribution in [2.45, 2.75) is 32.7 Å². The predicted octanol–water partition coefficient (Wildman–Crippen LogP) is 4.27. The first-order chi connectivity index (χ1) is 14.9. The molecule has 4 N–H and O–H groups in total. The largest absolute Gasteiger partial charge is 0.466 e. The molecule has 3 rings (SSSR count). The molecule has 2 aromatic rings. The number of fused-ring (bicyclic) bond motifs is 1. The van der Waals surface area contributed by atoms with Crippen LogP contribution in [0.5, 0.6) is 0 Å². The van der Waals surface area contributed by atoms with Crippen LogP contribution < -0.4 is 16.4 Å². The van der Waals surface area contributed by atoms with Crippen molar-refractivity contribution < 1.29 is 19.1 Å². The number of hydrogen-bond donors (Lipinski definition) is 3. The highest BCUT2D eigenvalue weighted by atomic mass is 35.5. The zero-order chi connectivity index (χ0) is 22.4. The molecule has 174 valence electrons. The molecule has 32 heavy (non-hydrogen) atoms. The van der Waals surface area contributed by atoms with E-state index in [9.17, 15) is 14.4 Å². The van der Waals surface area contributed by atoms with Crippen LogP contribution >= 0.6 is 35.3 Å². The van der Waals surface area contributed by atoms with Gasteiger partial charge in [0.15, 0.2) is 0 Å². The average molecular weight is 501 g/mol. The second-order valence-electron chi connectivity index (χ2n) is 7.09. The third-order valence-corrected chi connectivity index (χ3v) is 6.26. The number of nitrogens with zero attached hydrogens (tertiary/aromatic N) is 1. The highest BCUT2D eigenvalue weighted by molar-refractivity contribution is 7.17. The quantitative estimate of drug-likeness (QED) is 0.468. The number of nitrogens with one attached hydrogen (secondary N) is 2. The SMILES string of the molecule is CCOC(=O)CCCN1CCc2c(sc(NC(=O)Nc3ccc(Cl)cc3)c2C(N)=O)C1.Cl. The second kappa shape index (κ2) is 12.1. The zero-order valence-corrected chi connectivity index (χ0v) is 20.0. The van der Waals surface area contributed by atoms with Crippen LogP contribution in [0.2, 0.25) is 5.02 Å². The smallest absolute Gasteiger partial charge is 0.324 e. The summed E-state index contributed by atoms with van der Waals surface area (Å²) in [6.45, 7) is 4.33. The van der Waals surface area contributed by atoms with Crippen LogP contribution in [0.4, 0.5) is 15.5 Å². The molecule has 1 aromatic carbocycles. The standard InChI is InChI=1S/C21H25ClN4O4S.ClH/c1-2-30-17(27)4-3-10-26-11-9-15-16(12-26)31-20(18(15)19(23)28)25-21(29)24-14-7-5-13(22)6-8-14;/h5-8H,2-4,9-12H2,1H3,(H2,23,28)(H2,24,25,29);1H. The molecule has 1 aliphatic rings. The number of amides is 3. The van der Waals surface area contributed by atoms with Crippen LogP contribution in [0.25, 0.3) is 0 Å². The van der Waals surface area contributed by atoms with E-state index in [1.807, 2.05) is 0 Å². The van der Waals surface area contributed by atoms with Crippen molar-refractivity contribution in [3.8, 4) is 0 Å². The van der Waals surface area contributed by atoms with Gasteiger partial charge in [-0.1, -0.05) is 11.6 Å². The van der Waals surface area contributed by atoms with Crippen molar-refractivity contribution >= 4 is 63.9 Å². The van der Waals surface area contributed by atoms with Gasteiger partial charge < -0.3 is 15.8 Å². The molecule has 0 saturated carbocycles. The molecule has 0 atom stereocenters.